The summed E-state index contributed by atoms with van der Waals surface area (Å²) < 4.78 is 17.8. The second-order valence-corrected chi connectivity index (χ2v) is 9.97. The maximum atomic E-state index is 12.3. The quantitative estimate of drug-likeness (QED) is 0.587. The van der Waals surface area contributed by atoms with Gasteiger partial charge in [0.2, 0.25) is 0 Å². The van der Waals surface area contributed by atoms with Gasteiger partial charge >= 0.3 is 13.1 Å². The maximum Gasteiger partial charge on any atom is 0.494 e. The molecule has 28 heavy (non-hydrogen) atoms. The highest BCUT2D eigenvalue weighted by molar-refractivity contribution is 6.62. The molecule has 0 amide bonds. The second-order valence-electron chi connectivity index (χ2n) is 9.97. The van der Waals surface area contributed by atoms with Gasteiger partial charge in [0.15, 0.2) is 0 Å². The molecule has 154 valence electrons. The first-order valence-electron chi connectivity index (χ1n) is 10.3. The Morgan fingerprint density at radius 1 is 1.04 bits per heavy atom. The maximum absolute atomic E-state index is 12.3. The Kier molecular flexibility index (Phi) is 5.58. The third kappa shape index (κ3) is 4.55. The Morgan fingerprint density at radius 2 is 1.54 bits per heavy atom. The zero-order chi connectivity index (χ0) is 20.7. The van der Waals surface area contributed by atoms with E-state index in [2.05, 4.69) is 56.9 Å². The van der Waals surface area contributed by atoms with Gasteiger partial charge in [-0.05, 0) is 78.9 Å². The van der Waals surface area contributed by atoms with Crippen LogP contribution in [0.1, 0.15) is 61.3 Å². The van der Waals surface area contributed by atoms with E-state index in [0.717, 1.165) is 31.4 Å². The van der Waals surface area contributed by atoms with Crippen molar-refractivity contribution in [3.63, 3.8) is 0 Å². The van der Waals surface area contributed by atoms with Gasteiger partial charge in [0.1, 0.15) is 5.60 Å². The molecule has 1 aromatic rings. The van der Waals surface area contributed by atoms with E-state index in [9.17, 15) is 4.79 Å². The molecule has 6 heteroatoms. The summed E-state index contributed by atoms with van der Waals surface area (Å²) in [6, 6.07) is 8.40. The standard InChI is InChI=1S/C22H34BNO4/c1-20(2,3)26-19(25)16-12-14-24(15-13-16)18-10-8-17(9-11-18)23-27-21(4,5)22(6,7)28-23/h8-11,16H,12-15H2,1-7H3. The first kappa shape index (κ1) is 21.2. The fraction of sp³-hybridized carbons (Fsp3) is 0.682. The monoisotopic (exact) mass is 387 g/mol. The van der Waals surface area contributed by atoms with E-state index in [-0.39, 0.29) is 30.2 Å². The molecule has 0 aliphatic carbocycles. The van der Waals surface area contributed by atoms with Crippen molar-refractivity contribution >= 4 is 24.2 Å². The van der Waals surface area contributed by atoms with Crippen LogP contribution >= 0.6 is 0 Å². The van der Waals surface area contributed by atoms with E-state index in [0.29, 0.717) is 0 Å². The van der Waals surface area contributed by atoms with Crippen molar-refractivity contribution in [1.29, 1.82) is 0 Å². The summed E-state index contributed by atoms with van der Waals surface area (Å²) in [4.78, 5) is 14.6. The van der Waals surface area contributed by atoms with Crippen LogP contribution in [0, 0.1) is 5.92 Å². The molecule has 3 rings (SSSR count). The first-order valence-corrected chi connectivity index (χ1v) is 10.3. The van der Waals surface area contributed by atoms with Gasteiger partial charge in [-0.15, -0.1) is 0 Å². The molecule has 2 aliphatic heterocycles. The number of hydrogen-bond donors (Lipinski definition) is 0. The number of piperidine rings is 1. The highest BCUT2D eigenvalue weighted by atomic mass is 16.7. The van der Waals surface area contributed by atoms with Gasteiger partial charge in [-0.3, -0.25) is 4.79 Å². The number of benzene rings is 1. The Balaban J connectivity index is 1.58. The molecule has 0 aromatic heterocycles. The molecule has 0 N–H and O–H groups in total. The first-order chi connectivity index (χ1) is 12.9. The zero-order valence-corrected chi connectivity index (χ0v) is 18.4. The van der Waals surface area contributed by atoms with Crippen molar-refractivity contribution in [2.75, 3.05) is 18.0 Å². The van der Waals surface area contributed by atoms with Crippen LogP contribution in [0.2, 0.25) is 0 Å². The summed E-state index contributed by atoms with van der Waals surface area (Å²) in [5.74, 6) is -0.0669. The number of carbonyl (C=O) groups is 1. The Labute approximate surface area is 169 Å². The summed E-state index contributed by atoms with van der Waals surface area (Å²) in [6.07, 6.45) is 1.65. The molecule has 0 radical (unpaired) electrons. The number of esters is 1. The Bertz CT molecular complexity index is 684. The van der Waals surface area contributed by atoms with Crippen LogP contribution in [-0.2, 0) is 18.8 Å². The second kappa shape index (κ2) is 7.38. The van der Waals surface area contributed by atoms with Crippen molar-refractivity contribution < 1.29 is 18.8 Å². The molecule has 2 fully saturated rings. The third-order valence-corrected chi connectivity index (χ3v) is 6.02. The third-order valence-electron chi connectivity index (χ3n) is 6.02. The summed E-state index contributed by atoms with van der Waals surface area (Å²) in [5.41, 5.74) is 1.12. The summed E-state index contributed by atoms with van der Waals surface area (Å²) >= 11 is 0. The van der Waals surface area contributed by atoms with Crippen LogP contribution in [-0.4, -0.2) is 43.0 Å². The van der Waals surface area contributed by atoms with Gasteiger partial charge in [0.05, 0.1) is 17.1 Å². The molecule has 0 unspecified atom stereocenters. The van der Waals surface area contributed by atoms with Crippen molar-refractivity contribution in [1.82, 2.24) is 0 Å². The molecule has 0 spiro atoms. The van der Waals surface area contributed by atoms with Gasteiger partial charge in [-0.25, -0.2) is 0 Å². The predicted molar refractivity (Wildman–Crippen MR) is 113 cm³/mol. The van der Waals surface area contributed by atoms with E-state index in [1.165, 1.54) is 5.69 Å². The minimum atomic E-state index is -0.419. The lowest BCUT2D eigenvalue weighted by molar-refractivity contribution is -0.160. The van der Waals surface area contributed by atoms with Crippen LogP contribution < -0.4 is 10.4 Å². The average Bonchev–Trinajstić information content (AvgIpc) is 2.81. The fourth-order valence-electron chi connectivity index (χ4n) is 3.58. The number of anilines is 1. The number of ether oxygens (including phenoxy) is 1. The number of nitrogens with zero attached hydrogens (tertiary/aromatic N) is 1. The molecule has 5 nitrogen and oxygen atoms in total. The SMILES string of the molecule is CC(C)(C)OC(=O)C1CCN(c2ccc(B3OC(C)(C)C(C)(C)O3)cc2)CC1. The molecule has 0 saturated carbocycles. The van der Waals surface area contributed by atoms with E-state index in [4.69, 9.17) is 14.0 Å². The van der Waals surface area contributed by atoms with E-state index in [1.54, 1.807) is 0 Å². The zero-order valence-electron chi connectivity index (χ0n) is 18.4. The van der Waals surface area contributed by atoms with Gasteiger partial charge < -0.3 is 18.9 Å². The van der Waals surface area contributed by atoms with Crippen molar-refractivity contribution in [2.24, 2.45) is 5.92 Å². The van der Waals surface area contributed by atoms with E-state index >= 15 is 0 Å². The Morgan fingerprint density at radius 3 is 2.00 bits per heavy atom. The normalized spacial score (nSPS) is 22.4. The van der Waals surface area contributed by atoms with Gasteiger partial charge in [0, 0.05) is 18.8 Å². The van der Waals surface area contributed by atoms with E-state index < -0.39 is 5.60 Å². The van der Waals surface area contributed by atoms with Crippen molar-refractivity contribution in [2.45, 2.75) is 78.1 Å². The van der Waals surface area contributed by atoms with Crippen molar-refractivity contribution in [3.8, 4) is 0 Å². The summed E-state index contributed by atoms with van der Waals surface area (Å²) in [6.45, 7) is 15.7. The lowest BCUT2D eigenvalue weighted by Gasteiger charge is -2.34. The molecule has 2 aliphatic rings. The smallest absolute Gasteiger partial charge is 0.460 e. The minimum absolute atomic E-state index is 0.000463. The number of carbonyl (C=O) groups excluding carboxylic acids is 1. The molecule has 2 heterocycles. The van der Waals surface area contributed by atoms with Crippen molar-refractivity contribution in [3.05, 3.63) is 24.3 Å². The Hall–Kier alpha value is -1.53. The van der Waals surface area contributed by atoms with E-state index in [1.807, 2.05) is 20.8 Å². The molecule has 0 bridgehead atoms. The summed E-state index contributed by atoms with van der Waals surface area (Å²) in [5, 5.41) is 0. The van der Waals surface area contributed by atoms with Gasteiger partial charge in [0.25, 0.3) is 0 Å². The lowest BCUT2D eigenvalue weighted by atomic mass is 9.79. The molecule has 1 aromatic carbocycles. The van der Waals surface area contributed by atoms with Crippen LogP contribution in [0.25, 0.3) is 0 Å². The highest BCUT2D eigenvalue weighted by Gasteiger charge is 2.51. The molecular weight excluding hydrogens is 353 g/mol. The molecule has 0 atom stereocenters. The predicted octanol–water partition coefficient (Wildman–Crippen LogP) is 3.54. The largest absolute Gasteiger partial charge is 0.494 e. The summed E-state index contributed by atoms with van der Waals surface area (Å²) in [7, 11) is -0.336. The number of rotatable bonds is 3. The minimum Gasteiger partial charge on any atom is -0.460 e. The highest BCUT2D eigenvalue weighted by Crippen LogP contribution is 2.36. The lowest BCUT2D eigenvalue weighted by Crippen LogP contribution is -2.41. The topological polar surface area (TPSA) is 48.0 Å². The van der Waals surface area contributed by atoms with Crippen LogP contribution in [0.15, 0.2) is 24.3 Å². The fourth-order valence-corrected chi connectivity index (χ4v) is 3.58. The van der Waals surface area contributed by atoms with Crippen LogP contribution in [0.3, 0.4) is 0 Å². The molecule has 2 saturated heterocycles. The number of hydrogen-bond acceptors (Lipinski definition) is 5. The van der Waals surface area contributed by atoms with Crippen LogP contribution in [0.5, 0.6) is 0 Å². The molecular formula is C22H34BNO4. The average molecular weight is 387 g/mol. The van der Waals surface area contributed by atoms with Gasteiger partial charge in [-0.1, -0.05) is 12.1 Å². The van der Waals surface area contributed by atoms with Gasteiger partial charge in [-0.2, -0.15) is 0 Å². The van der Waals surface area contributed by atoms with Crippen LogP contribution in [0.4, 0.5) is 5.69 Å².